The molecule has 4 fully saturated rings. The topological polar surface area (TPSA) is 79.4 Å². The molecule has 1 spiro atoms. The monoisotopic (exact) mass is 655 g/mol. The van der Waals surface area contributed by atoms with Crippen LogP contribution in [0.5, 0.6) is 5.75 Å². The lowest BCUT2D eigenvalue weighted by atomic mass is 9.61. The van der Waals surface area contributed by atoms with Crippen molar-refractivity contribution in [3.63, 3.8) is 0 Å². The Balaban J connectivity index is 1.00. The van der Waals surface area contributed by atoms with Crippen LogP contribution < -0.4 is 4.74 Å². The van der Waals surface area contributed by atoms with Crippen LogP contribution in [-0.2, 0) is 25.1 Å². The maximum absolute atomic E-state index is 14.3. The maximum atomic E-state index is 14.3. The summed E-state index contributed by atoms with van der Waals surface area (Å²) in [4.78, 5) is 18.0. The molecule has 2 heterocycles. The molecule has 4 aliphatic rings. The van der Waals surface area contributed by atoms with Crippen LogP contribution in [0.1, 0.15) is 80.9 Å². The second-order valence-electron chi connectivity index (χ2n) is 14.1. The number of ether oxygens (including phenoxy) is 2. The fourth-order valence-electron chi connectivity index (χ4n) is 8.45. The van der Waals surface area contributed by atoms with Gasteiger partial charge in [0.1, 0.15) is 18.2 Å². The first-order chi connectivity index (χ1) is 22.1. The molecule has 0 radical (unpaired) electrons. The molecule has 2 aromatic carbocycles. The van der Waals surface area contributed by atoms with Crippen molar-refractivity contribution in [1.82, 2.24) is 14.1 Å². The number of nitrogens with zero attached hydrogens (tertiary/aromatic N) is 3. The van der Waals surface area contributed by atoms with Crippen LogP contribution in [-0.4, -0.2) is 87.5 Å². The van der Waals surface area contributed by atoms with E-state index < -0.39 is 10.0 Å². The predicted octanol–water partition coefficient (Wildman–Crippen LogP) is 5.79. The largest absolute Gasteiger partial charge is 0.497 e. The number of piperidine rings is 1. The quantitative estimate of drug-likeness (QED) is 0.285. The number of halogens is 1. The van der Waals surface area contributed by atoms with Gasteiger partial charge in [0.15, 0.2) is 0 Å². The van der Waals surface area contributed by atoms with Crippen LogP contribution in [0, 0.1) is 25.1 Å². The number of aryl methyl sites for hydroxylation is 2. The molecule has 46 heavy (non-hydrogen) atoms. The van der Waals surface area contributed by atoms with Crippen LogP contribution in [0.25, 0.3) is 0 Å². The molecule has 1 amide bonds. The Bertz CT molecular complexity index is 1480. The minimum atomic E-state index is -3.71. The van der Waals surface area contributed by atoms with Gasteiger partial charge < -0.3 is 14.4 Å². The van der Waals surface area contributed by atoms with Gasteiger partial charge in [-0.15, -0.1) is 0 Å². The van der Waals surface area contributed by atoms with E-state index in [-0.39, 0.29) is 48.5 Å². The number of amides is 1. The lowest BCUT2D eigenvalue weighted by Gasteiger charge is -2.53. The normalized spacial score (nSPS) is 21.6. The van der Waals surface area contributed by atoms with Crippen molar-refractivity contribution in [3.8, 4) is 5.75 Å². The first kappa shape index (κ1) is 33.4. The van der Waals surface area contributed by atoms with E-state index in [1.807, 2.05) is 11.0 Å². The van der Waals surface area contributed by atoms with E-state index in [0.29, 0.717) is 21.8 Å². The molecule has 252 valence electrons. The molecule has 2 saturated heterocycles. The average molecular weight is 656 g/mol. The maximum Gasteiger partial charge on any atom is 0.248 e. The number of rotatable bonds is 11. The van der Waals surface area contributed by atoms with Crippen molar-refractivity contribution in [3.05, 3.63) is 58.9 Å². The molecule has 6 rings (SSSR count). The SMILES string of the molecule is COc1cc(C)c(S(=O)(=O)N(CCOCC(=O)N2CCC3(CC2)CCC(c2cccc(F)c2)(N2CCCC2)CC3)C2CC2)c(C)c1. The molecule has 0 N–H and O–H groups in total. The molecular weight excluding hydrogens is 605 g/mol. The van der Waals surface area contributed by atoms with Crippen LogP contribution in [0.2, 0.25) is 0 Å². The van der Waals surface area contributed by atoms with Crippen molar-refractivity contribution in [1.29, 1.82) is 0 Å². The minimum Gasteiger partial charge on any atom is -0.497 e. The van der Waals surface area contributed by atoms with Gasteiger partial charge in [-0.1, -0.05) is 12.1 Å². The Kier molecular flexibility index (Phi) is 9.82. The van der Waals surface area contributed by atoms with Crippen LogP contribution in [0.3, 0.4) is 0 Å². The van der Waals surface area contributed by atoms with Crippen molar-refractivity contribution in [2.24, 2.45) is 5.41 Å². The summed E-state index contributed by atoms with van der Waals surface area (Å²) >= 11 is 0. The highest BCUT2D eigenvalue weighted by Gasteiger charge is 2.48. The molecule has 0 atom stereocenters. The van der Waals surface area contributed by atoms with Crippen molar-refractivity contribution in [2.45, 2.75) is 94.5 Å². The highest BCUT2D eigenvalue weighted by atomic mass is 32.2. The number of methoxy groups -OCH3 is 1. The molecule has 8 nitrogen and oxygen atoms in total. The zero-order valence-corrected chi connectivity index (χ0v) is 28.5. The Labute approximate surface area is 274 Å². The van der Waals surface area contributed by atoms with E-state index >= 15 is 0 Å². The number of likely N-dealkylation sites (tertiary alicyclic amines) is 2. The van der Waals surface area contributed by atoms with Crippen molar-refractivity contribution < 1.29 is 27.1 Å². The number of carbonyl (C=O) groups excluding carboxylic acids is 1. The number of hydrogen-bond acceptors (Lipinski definition) is 6. The fraction of sp³-hybridized carbons (Fsp3) is 0.639. The number of sulfonamides is 1. The summed E-state index contributed by atoms with van der Waals surface area (Å²) in [5, 5.41) is 0. The first-order valence-electron chi connectivity index (χ1n) is 17.1. The van der Waals surface area contributed by atoms with E-state index in [2.05, 4.69) is 11.0 Å². The second-order valence-corrected chi connectivity index (χ2v) is 15.9. The number of carbonyl (C=O) groups is 1. The number of hydrogen-bond donors (Lipinski definition) is 0. The Morgan fingerprint density at radius 1 is 0.957 bits per heavy atom. The van der Waals surface area contributed by atoms with Crippen LogP contribution in [0.15, 0.2) is 41.3 Å². The smallest absolute Gasteiger partial charge is 0.248 e. The van der Waals surface area contributed by atoms with Crippen molar-refractivity contribution in [2.75, 3.05) is 53.0 Å². The van der Waals surface area contributed by atoms with Crippen LogP contribution in [0.4, 0.5) is 4.39 Å². The zero-order valence-electron chi connectivity index (χ0n) is 27.7. The van der Waals surface area contributed by atoms with Gasteiger partial charge in [-0.05, 0) is 138 Å². The highest BCUT2D eigenvalue weighted by molar-refractivity contribution is 7.89. The molecule has 0 aromatic heterocycles. The van der Waals surface area contributed by atoms with Gasteiger partial charge in [-0.3, -0.25) is 9.69 Å². The molecule has 10 heteroatoms. The molecule has 2 aliphatic carbocycles. The minimum absolute atomic E-state index is 0.0240. The molecule has 2 saturated carbocycles. The summed E-state index contributed by atoms with van der Waals surface area (Å²) in [5.41, 5.74) is 2.59. The van der Waals surface area contributed by atoms with Crippen molar-refractivity contribution >= 4 is 15.9 Å². The lowest BCUT2D eigenvalue weighted by Crippen LogP contribution is -2.52. The Morgan fingerprint density at radius 3 is 2.20 bits per heavy atom. The number of benzene rings is 2. The Hall–Kier alpha value is -2.53. The average Bonchev–Trinajstić information content (AvgIpc) is 3.71. The van der Waals surface area contributed by atoms with Gasteiger partial charge in [0, 0.05) is 31.2 Å². The molecule has 0 unspecified atom stereocenters. The second kappa shape index (κ2) is 13.5. The van der Waals surface area contributed by atoms with Gasteiger partial charge in [0.25, 0.3) is 0 Å². The Morgan fingerprint density at radius 2 is 1.61 bits per heavy atom. The van der Waals surface area contributed by atoms with E-state index in [1.54, 1.807) is 43.5 Å². The van der Waals surface area contributed by atoms with Gasteiger partial charge >= 0.3 is 0 Å². The van der Waals surface area contributed by atoms with E-state index in [1.165, 1.54) is 18.9 Å². The molecule has 2 aromatic rings. The first-order valence-corrected chi connectivity index (χ1v) is 18.5. The summed E-state index contributed by atoms with van der Waals surface area (Å²) in [7, 11) is -2.14. The summed E-state index contributed by atoms with van der Waals surface area (Å²) < 4.78 is 54.4. The highest BCUT2D eigenvalue weighted by Crippen LogP contribution is 2.53. The fourth-order valence-corrected chi connectivity index (χ4v) is 10.5. The van der Waals surface area contributed by atoms with Gasteiger partial charge in [0.05, 0.1) is 18.6 Å². The zero-order chi connectivity index (χ0) is 32.5. The van der Waals surface area contributed by atoms with E-state index in [9.17, 15) is 17.6 Å². The standard InChI is InChI=1S/C36H50FN3O5S/c1-27-23-32(44-3)24-28(2)34(27)46(42,43)40(31-9-10-31)21-22-45-26-33(41)38-19-15-35(16-20-38)11-13-36(14-12-35,39-17-4-5-18-39)29-7-6-8-30(37)25-29/h6-8,23-25,31H,4-5,9-22,26H2,1-3H3. The van der Waals surface area contributed by atoms with Gasteiger partial charge in [-0.2, -0.15) is 4.31 Å². The summed E-state index contributed by atoms with van der Waals surface area (Å²) in [6.07, 6.45) is 10.3. The van der Waals surface area contributed by atoms with Gasteiger partial charge in [0.2, 0.25) is 15.9 Å². The van der Waals surface area contributed by atoms with E-state index in [0.717, 1.165) is 83.1 Å². The summed E-state index contributed by atoms with van der Waals surface area (Å²) in [5.74, 6) is 0.453. The third-order valence-corrected chi connectivity index (χ3v) is 13.5. The van der Waals surface area contributed by atoms with Crippen LogP contribution >= 0.6 is 0 Å². The molecule has 2 aliphatic heterocycles. The summed E-state index contributed by atoms with van der Waals surface area (Å²) in [6.45, 7) is 7.55. The molecule has 0 bridgehead atoms. The third-order valence-electron chi connectivity index (χ3n) is 11.3. The lowest BCUT2D eigenvalue weighted by molar-refractivity contribution is -0.139. The molecular formula is C36H50FN3O5S. The third kappa shape index (κ3) is 6.73. The predicted molar refractivity (Wildman–Crippen MR) is 176 cm³/mol. The van der Waals surface area contributed by atoms with E-state index in [4.69, 9.17) is 9.47 Å². The van der Waals surface area contributed by atoms with Gasteiger partial charge in [-0.25, -0.2) is 12.8 Å². The summed E-state index contributed by atoms with van der Waals surface area (Å²) in [6, 6.07) is 10.7.